The summed E-state index contributed by atoms with van der Waals surface area (Å²) in [5, 5.41) is 3.22. The topological polar surface area (TPSA) is 53.6 Å². The molecule has 0 aliphatic carbocycles. The zero-order valence-corrected chi connectivity index (χ0v) is 12.8. The first-order chi connectivity index (χ1) is 9.22. The molecule has 0 bridgehead atoms. The standard InChI is InChI=1S/C15H32N4/c1-3-4-5-6-9-17-15(16)18-10-12-19-11-7-8-14(2)13-19/h14H,3-13H2,1-2H3,(H3,16,17,18). The summed E-state index contributed by atoms with van der Waals surface area (Å²) in [6, 6.07) is 0. The smallest absolute Gasteiger partial charge is 0.188 e. The van der Waals surface area contributed by atoms with E-state index in [0.717, 1.165) is 32.0 Å². The minimum Gasteiger partial charge on any atom is -0.370 e. The van der Waals surface area contributed by atoms with Crippen LogP contribution in [0.25, 0.3) is 0 Å². The van der Waals surface area contributed by atoms with E-state index in [1.807, 2.05) is 0 Å². The molecule has 1 unspecified atom stereocenters. The minimum absolute atomic E-state index is 0.613. The molecule has 3 N–H and O–H groups in total. The van der Waals surface area contributed by atoms with Gasteiger partial charge in [-0.3, -0.25) is 4.99 Å². The van der Waals surface area contributed by atoms with Crippen LogP contribution in [0.4, 0.5) is 0 Å². The molecule has 1 saturated heterocycles. The Morgan fingerprint density at radius 2 is 2.21 bits per heavy atom. The molecule has 0 aromatic carbocycles. The fraction of sp³-hybridized carbons (Fsp3) is 0.933. The van der Waals surface area contributed by atoms with Crippen LogP contribution in [0.5, 0.6) is 0 Å². The van der Waals surface area contributed by atoms with Crippen LogP contribution in [0.2, 0.25) is 0 Å². The first-order valence-corrected chi connectivity index (χ1v) is 7.98. The second kappa shape index (κ2) is 10.1. The zero-order chi connectivity index (χ0) is 13.9. The number of nitrogens with two attached hydrogens (primary N) is 1. The van der Waals surface area contributed by atoms with Gasteiger partial charge in [-0.25, -0.2) is 0 Å². The van der Waals surface area contributed by atoms with Gasteiger partial charge < -0.3 is 16.0 Å². The van der Waals surface area contributed by atoms with Gasteiger partial charge in [-0.05, 0) is 31.7 Å². The van der Waals surface area contributed by atoms with Crippen molar-refractivity contribution in [2.24, 2.45) is 16.6 Å². The fourth-order valence-corrected chi connectivity index (χ4v) is 2.63. The molecule has 4 heteroatoms. The number of unbranched alkanes of at least 4 members (excludes halogenated alkanes) is 3. The van der Waals surface area contributed by atoms with Gasteiger partial charge in [-0.1, -0.05) is 33.1 Å². The first kappa shape index (κ1) is 16.3. The van der Waals surface area contributed by atoms with Crippen molar-refractivity contribution in [1.29, 1.82) is 0 Å². The lowest BCUT2D eigenvalue weighted by Gasteiger charge is -2.30. The van der Waals surface area contributed by atoms with E-state index in [2.05, 4.69) is 29.1 Å². The van der Waals surface area contributed by atoms with Crippen LogP contribution in [-0.2, 0) is 0 Å². The molecule has 1 rings (SSSR count). The van der Waals surface area contributed by atoms with Crippen molar-refractivity contribution in [2.45, 2.75) is 52.4 Å². The van der Waals surface area contributed by atoms with Crippen molar-refractivity contribution < 1.29 is 0 Å². The molecular formula is C15H32N4. The summed E-state index contributed by atoms with van der Waals surface area (Å²) in [7, 11) is 0. The molecule has 1 aliphatic heterocycles. The number of likely N-dealkylation sites (tertiary alicyclic amines) is 1. The van der Waals surface area contributed by atoms with Crippen LogP contribution >= 0.6 is 0 Å². The van der Waals surface area contributed by atoms with Crippen molar-refractivity contribution in [2.75, 3.05) is 32.7 Å². The number of nitrogens with one attached hydrogen (secondary N) is 1. The van der Waals surface area contributed by atoms with Crippen molar-refractivity contribution in [3.8, 4) is 0 Å². The number of hydrogen-bond donors (Lipinski definition) is 2. The van der Waals surface area contributed by atoms with Gasteiger partial charge in [0, 0.05) is 26.2 Å². The van der Waals surface area contributed by atoms with E-state index in [1.54, 1.807) is 0 Å². The summed E-state index contributed by atoms with van der Waals surface area (Å²) < 4.78 is 0. The SMILES string of the molecule is CCCCCCN=C(N)NCCN1CCCC(C)C1. The maximum atomic E-state index is 5.85. The lowest BCUT2D eigenvalue weighted by atomic mass is 10.0. The van der Waals surface area contributed by atoms with E-state index < -0.39 is 0 Å². The Morgan fingerprint density at radius 1 is 1.37 bits per heavy atom. The van der Waals surface area contributed by atoms with Crippen molar-refractivity contribution >= 4 is 5.96 Å². The van der Waals surface area contributed by atoms with Crippen LogP contribution in [0.15, 0.2) is 4.99 Å². The quantitative estimate of drug-likeness (QED) is 0.403. The van der Waals surface area contributed by atoms with Gasteiger partial charge >= 0.3 is 0 Å². The number of guanidine groups is 1. The summed E-state index contributed by atoms with van der Waals surface area (Å²) in [5.74, 6) is 1.46. The third-order valence-electron chi connectivity index (χ3n) is 3.77. The molecule has 0 amide bonds. The molecule has 0 spiro atoms. The average molecular weight is 268 g/mol. The van der Waals surface area contributed by atoms with Gasteiger partial charge in [0.1, 0.15) is 0 Å². The highest BCUT2D eigenvalue weighted by Gasteiger charge is 2.15. The Hall–Kier alpha value is -0.770. The predicted molar refractivity (Wildman–Crippen MR) is 83.5 cm³/mol. The molecule has 19 heavy (non-hydrogen) atoms. The summed E-state index contributed by atoms with van der Waals surface area (Å²) in [6.07, 6.45) is 7.70. The van der Waals surface area contributed by atoms with Gasteiger partial charge in [0.2, 0.25) is 0 Å². The molecule has 0 aromatic rings. The lowest BCUT2D eigenvalue weighted by molar-refractivity contribution is 0.187. The molecule has 1 aliphatic rings. The Labute approximate surface area is 118 Å². The van der Waals surface area contributed by atoms with E-state index >= 15 is 0 Å². The third kappa shape index (κ3) is 8.09. The van der Waals surface area contributed by atoms with Gasteiger partial charge in [-0.2, -0.15) is 0 Å². The summed E-state index contributed by atoms with van der Waals surface area (Å²) in [5.41, 5.74) is 5.85. The monoisotopic (exact) mass is 268 g/mol. The van der Waals surface area contributed by atoms with Gasteiger partial charge in [0.05, 0.1) is 0 Å². The van der Waals surface area contributed by atoms with Crippen LogP contribution in [0.3, 0.4) is 0 Å². The zero-order valence-electron chi connectivity index (χ0n) is 12.8. The second-order valence-corrected chi connectivity index (χ2v) is 5.80. The normalized spacial score (nSPS) is 21.6. The van der Waals surface area contributed by atoms with E-state index in [4.69, 9.17) is 5.73 Å². The highest BCUT2D eigenvalue weighted by Crippen LogP contribution is 2.14. The Bertz CT molecular complexity index is 253. The summed E-state index contributed by atoms with van der Waals surface area (Å²) >= 11 is 0. The van der Waals surface area contributed by atoms with Crippen molar-refractivity contribution in [3.63, 3.8) is 0 Å². The van der Waals surface area contributed by atoms with Gasteiger partial charge in [-0.15, -0.1) is 0 Å². The van der Waals surface area contributed by atoms with Gasteiger partial charge in [0.25, 0.3) is 0 Å². The van der Waals surface area contributed by atoms with Crippen LogP contribution < -0.4 is 11.1 Å². The minimum atomic E-state index is 0.613. The average Bonchev–Trinajstić information content (AvgIpc) is 2.38. The van der Waals surface area contributed by atoms with Gasteiger partial charge in [0.15, 0.2) is 5.96 Å². The molecule has 1 atom stereocenters. The van der Waals surface area contributed by atoms with E-state index in [1.165, 1.54) is 45.2 Å². The van der Waals surface area contributed by atoms with Crippen molar-refractivity contribution in [1.82, 2.24) is 10.2 Å². The Kier molecular flexibility index (Phi) is 8.63. The number of piperidine rings is 1. The molecule has 1 fully saturated rings. The van der Waals surface area contributed by atoms with Crippen LogP contribution in [-0.4, -0.2) is 43.6 Å². The Balaban J connectivity index is 2.02. The summed E-state index contributed by atoms with van der Waals surface area (Å²) in [6.45, 7) is 9.88. The second-order valence-electron chi connectivity index (χ2n) is 5.80. The largest absolute Gasteiger partial charge is 0.370 e. The first-order valence-electron chi connectivity index (χ1n) is 7.98. The molecule has 1 heterocycles. The van der Waals surface area contributed by atoms with E-state index in [-0.39, 0.29) is 0 Å². The maximum Gasteiger partial charge on any atom is 0.188 e. The van der Waals surface area contributed by atoms with E-state index in [0.29, 0.717) is 5.96 Å². The molecule has 0 radical (unpaired) electrons. The number of nitrogens with zero attached hydrogens (tertiary/aromatic N) is 2. The van der Waals surface area contributed by atoms with Crippen molar-refractivity contribution in [3.05, 3.63) is 0 Å². The molecule has 0 saturated carbocycles. The fourth-order valence-electron chi connectivity index (χ4n) is 2.63. The lowest BCUT2D eigenvalue weighted by Crippen LogP contribution is -2.42. The molecule has 112 valence electrons. The Morgan fingerprint density at radius 3 is 2.95 bits per heavy atom. The number of hydrogen-bond acceptors (Lipinski definition) is 2. The predicted octanol–water partition coefficient (Wildman–Crippen LogP) is 2.20. The van der Waals surface area contributed by atoms with Crippen LogP contribution in [0, 0.1) is 5.92 Å². The highest BCUT2D eigenvalue weighted by atomic mass is 15.2. The number of aliphatic imine (C=N–C) groups is 1. The molecule has 0 aromatic heterocycles. The van der Waals surface area contributed by atoms with Crippen LogP contribution in [0.1, 0.15) is 52.4 Å². The van der Waals surface area contributed by atoms with E-state index in [9.17, 15) is 0 Å². The molecule has 4 nitrogen and oxygen atoms in total. The molecular weight excluding hydrogens is 236 g/mol. The summed E-state index contributed by atoms with van der Waals surface area (Å²) in [4.78, 5) is 6.88. The maximum absolute atomic E-state index is 5.85. The number of rotatable bonds is 8. The highest BCUT2D eigenvalue weighted by molar-refractivity contribution is 5.77. The third-order valence-corrected chi connectivity index (χ3v) is 3.77.